The van der Waals surface area contributed by atoms with E-state index in [0.717, 1.165) is 17.6 Å². The van der Waals surface area contributed by atoms with Crippen LogP contribution in [0, 0.1) is 29.1 Å². The van der Waals surface area contributed by atoms with Gasteiger partial charge in [0.25, 0.3) is 0 Å². The van der Waals surface area contributed by atoms with Crippen LogP contribution in [-0.2, 0) is 14.6 Å². The first-order chi connectivity index (χ1) is 15.7. The average Bonchev–Trinajstić information content (AvgIpc) is 3.08. The summed E-state index contributed by atoms with van der Waals surface area (Å²) >= 11 is 0. The maximum atomic E-state index is 11.1. The van der Waals surface area contributed by atoms with Gasteiger partial charge in [-0.25, -0.2) is 4.18 Å². The van der Waals surface area contributed by atoms with Crippen molar-refractivity contribution in [1.29, 1.82) is 0 Å². The standard InChI is InChI=1S/C28H44O5S/c1-19-10-14-24(33-34(30,31)32)18-23(19)13-12-22-8-7-17-28(6)25(15-16-26(22)28)20(2)9-11-21(3)27(4,5)29/h9,11-13,20-21,24-26,29H,1,7-8,10,14-18H2,2-6H3,(H,30,31,32)/b11-9+,22-12+,23-13?/t20-,21+,24+,25-,26+,28-/m1/s1. The molecule has 0 unspecified atom stereocenters. The summed E-state index contributed by atoms with van der Waals surface area (Å²) in [6.45, 7) is 14.8. The van der Waals surface area contributed by atoms with Crippen LogP contribution < -0.4 is 0 Å². The van der Waals surface area contributed by atoms with E-state index >= 15 is 0 Å². The third-order valence-electron chi connectivity index (χ3n) is 8.92. The lowest BCUT2D eigenvalue weighted by Gasteiger charge is -2.44. The molecular weight excluding hydrogens is 448 g/mol. The van der Waals surface area contributed by atoms with Crippen LogP contribution in [0.2, 0.25) is 0 Å². The van der Waals surface area contributed by atoms with Crippen LogP contribution in [-0.4, -0.2) is 29.8 Å². The minimum absolute atomic E-state index is 0.116. The number of aliphatic hydroxyl groups is 1. The maximum absolute atomic E-state index is 11.1. The van der Waals surface area contributed by atoms with Gasteiger partial charge in [0.05, 0.1) is 11.7 Å². The third kappa shape index (κ3) is 6.51. The van der Waals surface area contributed by atoms with Crippen LogP contribution in [0.5, 0.6) is 0 Å². The van der Waals surface area contributed by atoms with E-state index in [1.165, 1.54) is 31.3 Å². The number of allylic oxidation sites excluding steroid dienone is 5. The molecule has 6 atom stereocenters. The summed E-state index contributed by atoms with van der Waals surface area (Å²) < 4.78 is 36.2. The van der Waals surface area contributed by atoms with Crippen LogP contribution >= 0.6 is 0 Å². The molecule has 0 aromatic carbocycles. The minimum atomic E-state index is -4.44. The summed E-state index contributed by atoms with van der Waals surface area (Å²) in [5.74, 6) is 1.77. The molecule has 34 heavy (non-hydrogen) atoms. The first-order valence-electron chi connectivity index (χ1n) is 12.8. The Morgan fingerprint density at radius 3 is 2.50 bits per heavy atom. The van der Waals surface area contributed by atoms with Gasteiger partial charge in [-0.1, -0.05) is 62.8 Å². The minimum Gasteiger partial charge on any atom is -0.390 e. The molecule has 2 N–H and O–H groups in total. The molecule has 0 bridgehead atoms. The van der Waals surface area contributed by atoms with Gasteiger partial charge in [-0.15, -0.1) is 0 Å². The van der Waals surface area contributed by atoms with E-state index in [2.05, 4.69) is 51.7 Å². The maximum Gasteiger partial charge on any atom is 0.397 e. The first kappa shape index (κ1) is 27.4. The van der Waals surface area contributed by atoms with E-state index in [0.29, 0.717) is 37.0 Å². The molecular formula is C28H44O5S. The number of fused-ring (bicyclic) bond motifs is 1. The predicted molar refractivity (Wildman–Crippen MR) is 138 cm³/mol. The van der Waals surface area contributed by atoms with Gasteiger partial charge in [-0.3, -0.25) is 4.55 Å². The van der Waals surface area contributed by atoms with Gasteiger partial charge in [-0.2, -0.15) is 8.42 Å². The molecule has 3 aliphatic carbocycles. The summed E-state index contributed by atoms with van der Waals surface area (Å²) in [6.07, 6.45) is 16.0. The van der Waals surface area contributed by atoms with Crippen LogP contribution in [0.3, 0.4) is 0 Å². The zero-order valence-corrected chi connectivity index (χ0v) is 22.4. The molecule has 3 fully saturated rings. The van der Waals surface area contributed by atoms with Gasteiger partial charge < -0.3 is 5.11 Å². The Bertz CT molecular complexity index is 952. The Hall–Kier alpha value is -1.21. The second-order valence-electron chi connectivity index (χ2n) is 11.7. The van der Waals surface area contributed by atoms with E-state index in [-0.39, 0.29) is 11.3 Å². The SMILES string of the molecule is C=C1CC[C@H](OS(=O)(=O)O)CC1=C/C=C1\CCC[C@]2(C)[C@@H]([C@H](C)/C=C/[C@H](C)C(C)(C)O)CC[C@@H]12. The fraction of sp³-hybridized carbons (Fsp3) is 0.714. The fourth-order valence-electron chi connectivity index (χ4n) is 6.49. The lowest BCUT2D eigenvalue weighted by Crippen LogP contribution is -2.35. The van der Waals surface area contributed by atoms with Crippen LogP contribution in [0.4, 0.5) is 0 Å². The van der Waals surface area contributed by atoms with Gasteiger partial charge in [0.15, 0.2) is 0 Å². The Balaban J connectivity index is 1.75. The zero-order chi connectivity index (χ0) is 25.3. The summed E-state index contributed by atoms with van der Waals surface area (Å²) in [6, 6.07) is 0. The van der Waals surface area contributed by atoms with Crippen molar-refractivity contribution in [2.45, 2.75) is 97.7 Å². The van der Waals surface area contributed by atoms with Crippen molar-refractivity contribution in [3.05, 3.63) is 47.6 Å². The molecule has 0 saturated heterocycles. The number of hydrogen-bond donors (Lipinski definition) is 2. The smallest absolute Gasteiger partial charge is 0.390 e. The van der Waals surface area contributed by atoms with Crippen LogP contribution in [0.25, 0.3) is 0 Å². The monoisotopic (exact) mass is 492 g/mol. The Morgan fingerprint density at radius 2 is 1.85 bits per heavy atom. The Labute approximate surface area is 207 Å². The van der Waals surface area contributed by atoms with Gasteiger partial charge >= 0.3 is 10.4 Å². The molecule has 0 radical (unpaired) electrons. The Morgan fingerprint density at radius 1 is 1.15 bits per heavy atom. The third-order valence-corrected chi connectivity index (χ3v) is 9.43. The van der Waals surface area contributed by atoms with Gasteiger partial charge in [0.2, 0.25) is 0 Å². The van der Waals surface area contributed by atoms with E-state index in [1.807, 2.05) is 13.8 Å². The van der Waals surface area contributed by atoms with Crippen molar-refractivity contribution >= 4 is 10.4 Å². The second kappa shape index (κ2) is 10.4. The zero-order valence-electron chi connectivity index (χ0n) is 21.6. The largest absolute Gasteiger partial charge is 0.397 e. The fourth-order valence-corrected chi connectivity index (χ4v) is 7.00. The molecule has 192 valence electrons. The topological polar surface area (TPSA) is 83.8 Å². The molecule has 0 aromatic rings. The van der Waals surface area contributed by atoms with Crippen LogP contribution in [0.1, 0.15) is 86.0 Å². The highest BCUT2D eigenvalue weighted by molar-refractivity contribution is 7.80. The molecule has 6 heteroatoms. The molecule has 0 amide bonds. The summed E-state index contributed by atoms with van der Waals surface area (Å²) in [7, 11) is -4.44. The predicted octanol–water partition coefficient (Wildman–Crippen LogP) is 6.58. The van der Waals surface area contributed by atoms with Crippen molar-refractivity contribution in [3.63, 3.8) is 0 Å². The quantitative estimate of drug-likeness (QED) is 0.310. The average molecular weight is 493 g/mol. The summed E-state index contributed by atoms with van der Waals surface area (Å²) in [4.78, 5) is 0. The highest BCUT2D eigenvalue weighted by Crippen LogP contribution is 2.59. The molecule has 0 aromatic heterocycles. The van der Waals surface area contributed by atoms with Gasteiger partial charge in [0.1, 0.15) is 0 Å². The van der Waals surface area contributed by atoms with Crippen LogP contribution in [0.15, 0.2) is 47.6 Å². The highest BCUT2D eigenvalue weighted by Gasteiger charge is 2.50. The second-order valence-corrected chi connectivity index (χ2v) is 12.8. The van der Waals surface area contributed by atoms with Crippen molar-refractivity contribution in [2.75, 3.05) is 0 Å². The summed E-state index contributed by atoms with van der Waals surface area (Å²) in [5.41, 5.74) is 3.10. The van der Waals surface area contributed by atoms with E-state index in [9.17, 15) is 13.5 Å². The normalized spacial score (nSPS) is 35.1. The van der Waals surface area contributed by atoms with Gasteiger partial charge in [0, 0.05) is 12.3 Å². The first-order valence-corrected chi connectivity index (χ1v) is 14.2. The van der Waals surface area contributed by atoms with E-state index in [1.54, 1.807) is 0 Å². The van der Waals surface area contributed by atoms with E-state index in [4.69, 9.17) is 8.74 Å². The molecule has 3 rings (SSSR count). The van der Waals surface area contributed by atoms with Crippen molar-refractivity contribution in [2.24, 2.45) is 29.1 Å². The molecule has 0 spiro atoms. The molecule has 0 heterocycles. The van der Waals surface area contributed by atoms with Crippen molar-refractivity contribution in [1.82, 2.24) is 0 Å². The summed E-state index contributed by atoms with van der Waals surface area (Å²) in [5, 5.41) is 10.3. The molecule has 0 aliphatic heterocycles. The Kier molecular flexibility index (Phi) is 8.39. The van der Waals surface area contributed by atoms with Crippen molar-refractivity contribution < 1.29 is 22.3 Å². The molecule has 5 nitrogen and oxygen atoms in total. The lowest BCUT2D eigenvalue weighted by molar-refractivity contribution is 0.0436. The molecule has 3 saturated carbocycles. The lowest BCUT2D eigenvalue weighted by atomic mass is 9.61. The van der Waals surface area contributed by atoms with E-state index < -0.39 is 22.1 Å². The number of rotatable bonds is 7. The van der Waals surface area contributed by atoms with Crippen molar-refractivity contribution in [3.8, 4) is 0 Å². The highest BCUT2D eigenvalue weighted by atomic mass is 32.3. The molecule has 3 aliphatic rings. The van der Waals surface area contributed by atoms with Gasteiger partial charge in [-0.05, 0) is 87.5 Å². The number of hydrogen-bond acceptors (Lipinski definition) is 4.